The molecule has 0 amide bonds. The third-order valence-corrected chi connectivity index (χ3v) is 3.04. The van der Waals surface area contributed by atoms with Gasteiger partial charge in [-0.2, -0.15) is 0 Å². The molecule has 1 unspecified atom stereocenters. The zero-order chi connectivity index (χ0) is 12.1. The smallest absolute Gasteiger partial charge is 0.331 e. The van der Waals surface area contributed by atoms with E-state index in [4.69, 9.17) is 11.6 Å². The highest BCUT2D eigenvalue weighted by Crippen LogP contribution is 2.18. The summed E-state index contributed by atoms with van der Waals surface area (Å²) in [6.07, 6.45) is 1.04. The summed E-state index contributed by atoms with van der Waals surface area (Å²) < 4.78 is 28.7. The lowest BCUT2D eigenvalue weighted by atomic mass is 10.3. The van der Waals surface area contributed by atoms with E-state index in [-0.39, 0.29) is 5.02 Å². The van der Waals surface area contributed by atoms with Crippen LogP contribution < -0.4 is 0 Å². The number of esters is 1. The molecule has 0 heterocycles. The Hall–Kier alpha value is -1.20. The van der Waals surface area contributed by atoms with E-state index in [2.05, 4.69) is 4.74 Å². The maximum atomic E-state index is 12.8. The predicted molar refractivity (Wildman–Crippen MR) is 59.0 cm³/mol. The Morgan fingerprint density at radius 1 is 1.56 bits per heavy atom. The van der Waals surface area contributed by atoms with E-state index >= 15 is 0 Å². The fraction of sp³-hybridized carbons (Fsp3) is 0.100. The third-order valence-electron chi connectivity index (χ3n) is 1.65. The molecule has 1 rings (SSSR count). The van der Waals surface area contributed by atoms with Gasteiger partial charge in [-0.15, -0.1) is 0 Å². The van der Waals surface area contributed by atoms with Crippen LogP contribution in [-0.4, -0.2) is 17.3 Å². The van der Waals surface area contributed by atoms with E-state index in [0.29, 0.717) is 4.90 Å². The number of carbonyl (C=O) groups is 1. The number of benzene rings is 1. The van der Waals surface area contributed by atoms with E-state index in [1.54, 1.807) is 0 Å². The molecule has 1 aromatic carbocycles. The number of carbonyl (C=O) groups excluding carboxylic acids is 1. The second-order valence-electron chi connectivity index (χ2n) is 2.70. The van der Waals surface area contributed by atoms with Gasteiger partial charge >= 0.3 is 5.97 Å². The van der Waals surface area contributed by atoms with Crippen LogP contribution in [0.3, 0.4) is 0 Å². The second kappa shape index (κ2) is 5.77. The van der Waals surface area contributed by atoms with E-state index in [9.17, 15) is 13.4 Å². The van der Waals surface area contributed by atoms with Crippen molar-refractivity contribution in [2.24, 2.45) is 0 Å². The molecule has 0 radical (unpaired) electrons. The van der Waals surface area contributed by atoms with Crippen molar-refractivity contribution in [1.29, 1.82) is 0 Å². The predicted octanol–water partition coefficient (Wildman–Crippen LogP) is 2.27. The molecule has 0 bridgehead atoms. The lowest BCUT2D eigenvalue weighted by molar-refractivity contribution is -0.134. The Kier molecular flexibility index (Phi) is 4.64. The molecule has 0 N–H and O–H groups in total. The van der Waals surface area contributed by atoms with Crippen LogP contribution in [0, 0.1) is 5.82 Å². The van der Waals surface area contributed by atoms with Crippen molar-refractivity contribution in [2.45, 2.75) is 4.90 Å². The molecule has 6 heteroatoms. The highest BCUT2D eigenvalue weighted by atomic mass is 35.5. The van der Waals surface area contributed by atoms with Gasteiger partial charge in [0.25, 0.3) is 0 Å². The van der Waals surface area contributed by atoms with Gasteiger partial charge in [0.15, 0.2) is 0 Å². The summed E-state index contributed by atoms with van der Waals surface area (Å²) in [5.41, 5.74) is 0. The second-order valence-corrected chi connectivity index (χ2v) is 4.44. The average Bonchev–Trinajstić information content (AvgIpc) is 2.29. The number of rotatable bonds is 3. The highest BCUT2D eigenvalue weighted by molar-refractivity contribution is 7.88. The van der Waals surface area contributed by atoms with E-state index in [0.717, 1.165) is 17.6 Å². The first kappa shape index (κ1) is 12.9. The topological polar surface area (TPSA) is 43.4 Å². The van der Waals surface area contributed by atoms with E-state index in [1.165, 1.54) is 19.2 Å². The van der Waals surface area contributed by atoms with Gasteiger partial charge in [0.05, 0.1) is 22.9 Å². The first-order chi connectivity index (χ1) is 7.54. The van der Waals surface area contributed by atoms with Crippen LogP contribution in [0.2, 0.25) is 5.02 Å². The molecule has 0 aliphatic rings. The van der Waals surface area contributed by atoms with Crippen LogP contribution in [-0.2, 0) is 20.3 Å². The van der Waals surface area contributed by atoms with Gasteiger partial charge in [-0.1, -0.05) is 11.6 Å². The van der Waals surface area contributed by atoms with Crippen LogP contribution in [0.15, 0.2) is 34.6 Å². The molecule has 0 aromatic heterocycles. The first-order valence-corrected chi connectivity index (χ1v) is 5.75. The van der Waals surface area contributed by atoms with Gasteiger partial charge in [0, 0.05) is 16.4 Å². The summed E-state index contributed by atoms with van der Waals surface area (Å²) in [6.45, 7) is 0. The van der Waals surface area contributed by atoms with Crippen molar-refractivity contribution >= 4 is 28.4 Å². The molecule has 16 heavy (non-hydrogen) atoms. The monoisotopic (exact) mass is 262 g/mol. The van der Waals surface area contributed by atoms with Gasteiger partial charge in [0.1, 0.15) is 5.82 Å². The van der Waals surface area contributed by atoms with Crippen molar-refractivity contribution in [2.75, 3.05) is 7.11 Å². The lowest BCUT2D eigenvalue weighted by Gasteiger charge is -1.98. The average molecular weight is 263 g/mol. The Morgan fingerprint density at radius 3 is 2.81 bits per heavy atom. The molecule has 1 atom stereocenters. The number of halogens is 2. The fourth-order valence-corrected chi connectivity index (χ4v) is 1.94. The van der Waals surface area contributed by atoms with Gasteiger partial charge in [-0.25, -0.2) is 13.4 Å². The van der Waals surface area contributed by atoms with Crippen molar-refractivity contribution in [3.05, 3.63) is 40.5 Å². The van der Waals surface area contributed by atoms with Crippen LogP contribution in [0.5, 0.6) is 0 Å². The number of hydrogen-bond acceptors (Lipinski definition) is 3. The van der Waals surface area contributed by atoms with Crippen LogP contribution >= 0.6 is 11.6 Å². The number of ether oxygens (including phenoxy) is 1. The van der Waals surface area contributed by atoms with Crippen molar-refractivity contribution in [3.8, 4) is 0 Å². The lowest BCUT2D eigenvalue weighted by Crippen LogP contribution is -1.95. The molecule has 1 aromatic rings. The molecule has 3 nitrogen and oxygen atoms in total. The third kappa shape index (κ3) is 3.43. The summed E-state index contributed by atoms with van der Waals surface area (Å²) >= 11 is 5.52. The summed E-state index contributed by atoms with van der Waals surface area (Å²) in [4.78, 5) is 11.1. The highest BCUT2D eigenvalue weighted by Gasteiger charge is 2.05. The summed E-state index contributed by atoms with van der Waals surface area (Å²) in [5.74, 6) is -1.19. The largest absolute Gasteiger partial charge is 0.466 e. The van der Waals surface area contributed by atoms with Crippen LogP contribution in [0.1, 0.15) is 0 Å². The molecule has 0 aliphatic carbocycles. The molecule has 0 aliphatic heterocycles. The number of hydrogen-bond donors (Lipinski definition) is 0. The Balaban J connectivity index is 2.85. The zero-order valence-electron chi connectivity index (χ0n) is 8.28. The fourth-order valence-electron chi connectivity index (χ4n) is 0.866. The van der Waals surface area contributed by atoms with Gasteiger partial charge in [-0.3, -0.25) is 0 Å². The van der Waals surface area contributed by atoms with Crippen LogP contribution in [0.4, 0.5) is 4.39 Å². The molecular formula is C10H8ClFO3S. The Labute approximate surface area is 99.3 Å². The molecular weight excluding hydrogens is 255 g/mol. The van der Waals surface area contributed by atoms with Crippen molar-refractivity contribution < 1.29 is 18.1 Å². The molecule has 0 spiro atoms. The normalized spacial score (nSPS) is 12.7. The standard InChI is InChI=1S/C10H8ClFO3S/c1-15-10(13)4-5-16(14)7-2-3-9(12)8(11)6-7/h2-6H,1H3/b5-4+. The Bertz CT molecular complexity index is 459. The minimum Gasteiger partial charge on any atom is -0.466 e. The maximum Gasteiger partial charge on any atom is 0.331 e. The van der Waals surface area contributed by atoms with Gasteiger partial charge in [0.2, 0.25) is 0 Å². The molecule has 0 saturated carbocycles. The summed E-state index contributed by atoms with van der Waals surface area (Å²) in [6, 6.07) is 3.69. The quantitative estimate of drug-likeness (QED) is 0.620. The van der Waals surface area contributed by atoms with Gasteiger partial charge < -0.3 is 4.74 Å². The van der Waals surface area contributed by atoms with Crippen molar-refractivity contribution in [3.63, 3.8) is 0 Å². The zero-order valence-corrected chi connectivity index (χ0v) is 9.85. The van der Waals surface area contributed by atoms with Gasteiger partial charge in [-0.05, 0) is 18.2 Å². The Morgan fingerprint density at radius 2 is 2.25 bits per heavy atom. The minimum absolute atomic E-state index is 0.114. The molecule has 86 valence electrons. The summed E-state index contributed by atoms with van der Waals surface area (Å²) in [5, 5.41) is 1.03. The SMILES string of the molecule is COC(=O)/C=C/S(=O)c1ccc(F)c(Cl)c1. The van der Waals surface area contributed by atoms with Crippen molar-refractivity contribution in [1.82, 2.24) is 0 Å². The maximum absolute atomic E-state index is 12.8. The van der Waals surface area contributed by atoms with Crippen LogP contribution in [0.25, 0.3) is 0 Å². The molecule has 0 saturated heterocycles. The minimum atomic E-state index is -1.56. The molecule has 0 fully saturated rings. The summed E-state index contributed by atoms with van der Waals surface area (Å²) in [7, 11) is -0.344. The first-order valence-electron chi connectivity index (χ1n) is 4.16. The van der Waals surface area contributed by atoms with E-state index < -0.39 is 22.6 Å². The number of methoxy groups -OCH3 is 1. The van der Waals surface area contributed by atoms with E-state index in [1.807, 2.05) is 0 Å².